The summed E-state index contributed by atoms with van der Waals surface area (Å²) in [6, 6.07) is 13.9. The Kier molecular flexibility index (Phi) is 5.11. The summed E-state index contributed by atoms with van der Waals surface area (Å²) < 4.78 is 18.8. The summed E-state index contributed by atoms with van der Waals surface area (Å²) in [5.74, 6) is 0.453. The molecule has 126 valence electrons. The SMILES string of the molecule is COc1ccccc1[C@@H]1CNCCN1C(=O)Cc1cccc(F)c1. The van der Waals surface area contributed by atoms with Crippen LogP contribution in [0.2, 0.25) is 0 Å². The molecule has 1 saturated heterocycles. The number of para-hydroxylation sites is 1. The molecule has 1 aliphatic rings. The Bertz CT molecular complexity index is 720. The van der Waals surface area contributed by atoms with Crippen molar-refractivity contribution >= 4 is 5.91 Å². The van der Waals surface area contributed by atoms with Crippen molar-refractivity contribution in [3.05, 3.63) is 65.5 Å². The van der Waals surface area contributed by atoms with Gasteiger partial charge in [0, 0.05) is 25.2 Å². The van der Waals surface area contributed by atoms with Gasteiger partial charge in [-0.05, 0) is 23.8 Å². The molecule has 0 aliphatic carbocycles. The molecule has 0 saturated carbocycles. The minimum Gasteiger partial charge on any atom is -0.496 e. The highest BCUT2D eigenvalue weighted by Gasteiger charge is 2.29. The van der Waals surface area contributed by atoms with Crippen molar-refractivity contribution in [3.63, 3.8) is 0 Å². The second kappa shape index (κ2) is 7.45. The first kappa shape index (κ1) is 16.5. The molecular weight excluding hydrogens is 307 g/mol. The van der Waals surface area contributed by atoms with E-state index >= 15 is 0 Å². The largest absolute Gasteiger partial charge is 0.496 e. The summed E-state index contributed by atoms with van der Waals surface area (Å²) >= 11 is 0. The molecule has 1 amide bonds. The lowest BCUT2D eigenvalue weighted by molar-refractivity contribution is -0.133. The Morgan fingerprint density at radius 3 is 2.92 bits per heavy atom. The van der Waals surface area contributed by atoms with Crippen LogP contribution in [0, 0.1) is 5.82 Å². The zero-order valence-corrected chi connectivity index (χ0v) is 13.7. The number of ether oxygens (including phenoxy) is 1. The number of hydrogen-bond donors (Lipinski definition) is 1. The molecule has 1 fully saturated rings. The molecule has 2 aromatic carbocycles. The molecule has 0 spiro atoms. The maximum atomic E-state index is 13.3. The fourth-order valence-corrected chi connectivity index (χ4v) is 3.15. The Morgan fingerprint density at radius 2 is 2.12 bits per heavy atom. The Hall–Kier alpha value is -2.40. The summed E-state index contributed by atoms with van der Waals surface area (Å²) in [6.07, 6.45) is 0.198. The third-order valence-electron chi connectivity index (χ3n) is 4.31. The van der Waals surface area contributed by atoms with E-state index in [2.05, 4.69) is 5.32 Å². The fraction of sp³-hybridized carbons (Fsp3) is 0.316. The average molecular weight is 328 g/mol. The maximum absolute atomic E-state index is 13.3. The number of amides is 1. The highest BCUT2D eigenvalue weighted by atomic mass is 19.1. The van der Waals surface area contributed by atoms with E-state index in [1.165, 1.54) is 12.1 Å². The van der Waals surface area contributed by atoms with Crippen LogP contribution in [0.5, 0.6) is 5.75 Å². The molecule has 3 rings (SSSR count). The number of carbonyl (C=O) groups excluding carboxylic acids is 1. The van der Waals surface area contributed by atoms with Gasteiger partial charge in [-0.25, -0.2) is 4.39 Å². The molecule has 1 N–H and O–H groups in total. The first-order valence-corrected chi connectivity index (χ1v) is 8.06. The number of methoxy groups -OCH3 is 1. The van der Waals surface area contributed by atoms with Gasteiger partial charge in [0.05, 0.1) is 19.6 Å². The molecule has 1 aliphatic heterocycles. The van der Waals surface area contributed by atoms with Crippen LogP contribution in [0.3, 0.4) is 0 Å². The number of nitrogens with zero attached hydrogens (tertiary/aromatic N) is 1. The van der Waals surface area contributed by atoms with Crippen molar-refractivity contribution in [2.24, 2.45) is 0 Å². The van der Waals surface area contributed by atoms with Crippen LogP contribution < -0.4 is 10.1 Å². The number of carbonyl (C=O) groups is 1. The van der Waals surface area contributed by atoms with Crippen LogP contribution >= 0.6 is 0 Å². The molecule has 0 aromatic heterocycles. The number of nitrogens with one attached hydrogen (secondary N) is 1. The highest BCUT2D eigenvalue weighted by molar-refractivity contribution is 5.79. The molecule has 5 heteroatoms. The van der Waals surface area contributed by atoms with Crippen molar-refractivity contribution < 1.29 is 13.9 Å². The smallest absolute Gasteiger partial charge is 0.227 e. The maximum Gasteiger partial charge on any atom is 0.227 e. The van der Waals surface area contributed by atoms with Crippen molar-refractivity contribution in [1.29, 1.82) is 0 Å². The molecule has 4 nitrogen and oxygen atoms in total. The van der Waals surface area contributed by atoms with Crippen LogP contribution in [0.4, 0.5) is 4.39 Å². The summed E-state index contributed by atoms with van der Waals surface area (Å²) in [7, 11) is 1.63. The third-order valence-corrected chi connectivity index (χ3v) is 4.31. The predicted octanol–water partition coefficient (Wildman–Crippen LogP) is 2.55. The summed E-state index contributed by atoms with van der Waals surface area (Å²) in [6.45, 7) is 2.05. The molecule has 2 aromatic rings. The van der Waals surface area contributed by atoms with Crippen LogP contribution in [0.1, 0.15) is 17.2 Å². The zero-order chi connectivity index (χ0) is 16.9. The van der Waals surface area contributed by atoms with Gasteiger partial charge in [0.15, 0.2) is 0 Å². The van der Waals surface area contributed by atoms with E-state index in [-0.39, 0.29) is 24.2 Å². The topological polar surface area (TPSA) is 41.6 Å². The second-order valence-electron chi connectivity index (χ2n) is 5.86. The molecule has 1 heterocycles. The zero-order valence-electron chi connectivity index (χ0n) is 13.7. The monoisotopic (exact) mass is 328 g/mol. The summed E-state index contributed by atoms with van der Waals surface area (Å²) in [4.78, 5) is 14.7. The highest BCUT2D eigenvalue weighted by Crippen LogP contribution is 2.30. The van der Waals surface area contributed by atoms with E-state index in [0.29, 0.717) is 18.7 Å². The number of benzene rings is 2. The van der Waals surface area contributed by atoms with Gasteiger partial charge in [-0.3, -0.25) is 4.79 Å². The van der Waals surface area contributed by atoms with Crippen LogP contribution in [0.25, 0.3) is 0 Å². The van der Waals surface area contributed by atoms with Gasteiger partial charge in [0.25, 0.3) is 0 Å². The van der Waals surface area contributed by atoms with E-state index in [1.54, 1.807) is 19.2 Å². The van der Waals surface area contributed by atoms with Gasteiger partial charge in [0.1, 0.15) is 11.6 Å². The summed E-state index contributed by atoms with van der Waals surface area (Å²) in [5, 5.41) is 3.33. The quantitative estimate of drug-likeness (QED) is 0.938. The molecule has 0 unspecified atom stereocenters. The number of rotatable bonds is 4. The minimum atomic E-state index is -0.318. The number of piperazine rings is 1. The molecule has 1 atom stereocenters. The standard InChI is InChI=1S/C19H21FN2O2/c1-24-18-8-3-2-7-16(18)17-13-21-9-10-22(17)19(23)12-14-5-4-6-15(20)11-14/h2-8,11,17,21H,9-10,12-13H2,1H3/t17-/m0/s1. The van der Waals surface area contributed by atoms with E-state index in [4.69, 9.17) is 4.74 Å². The van der Waals surface area contributed by atoms with E-state index < -0.39 is 0 Å². The fourth-order valence-electron chi connectivity index (χ4n) is 3.15. The number of halogens is 1. The molecule has 0 radical (unpaired) electrons. The minimum absolute atomic E-state index is 0.00185. The first-order chi connectivity index (χ1) is 11.7. The van der Waals surface area contributed by atoms with Crippen molar-refractivity contribution in [2.45, 2.75) is 12.5 Å². The van der Waals surface area contributed by atoms with Gasteiger partial charge in [0.2, 0.25) is 5.91 Å². The number of hydrogen-bond acceptors (Lipinski definition) is 3. The van der Waals surface area contributed by atoms with Crippen LogP contribution in [0.15, 0.2) is 48.5 Å². The van der Waals surface area contributed by atoms with Gasteiger partial charge in [-0.15, -0.1) is 0 Å². The Labute approximate surface area is 141 Å². The average Bonchev–Trinajstić information content (AvgIpc) is 2.61. The third kappa shape index (κ3) is 3.57. The predicted molar refractivity (Wildman–Crippen MR) is 90.4 cm³/mol. The van der Waals surface area contributed by atoms with Crippen molar-refractivity contribution in [3.8, 4) is 5.75 Å². The normalized spacial score (nSPS) is 17.6. The first-order valence-electron chi connectivity index (χ1n) is 8.06. The van der Waals surface area contributed by atoms with Crippen LogP contribution in [-0.4, -0.2) is 37.6 Å². The van der Waals surface area contributed by atoms with Gasteiger partial charge >= 0.3 is 0 Å². The van der Waals surface area contributed by atoms with E-state index in [0.717, 1.165) is 17.9 Å². The lowest BCUT2D eigenvalue weighted by Gasteiger charge is -2.37. The Morgan fingerprint density at radius 1 is 1.29 bits per heavy atom. The summed E-state index contributed by atoms with van der Waals surface area (Å²) in [5.41, 5.74) is 1.68. The molecule has 0 bridgehead atoms. The van der Waals surface area contributed by atoms with Gasteiger partial charge < -0.3 is 15.0 Å². The van der Waals surface area contributed by atoms with Crippen molar-refractivity contribution in [1.82, 2.24) is 10.2 Å². The lowest BCUT2D eigenvalue weighted by Crippen LogP contribution is -2.49. The lowest BCUT2D eigenvalue weighted by atomic mass is 10.0. The van der Waals surface area contributed by atoms with E-state index in [9.17, 15) is 9.18 Å². The van der Waals surface area contributed by atoms with Crippen LogP contribution in [-0.2, 0) is 11.2 Å². The second-order valence-corrected chi connectivity index (χ2v) is 5.86. The Balaban J connectivity index is 1.82. The van der Waals surface area contributed by atoms with Crippen molar-refractivity contribution in [2.75, 3.05) is 26.7 Å². The van der Waals surface area contributed by atoms with E-state index in [1.807, 2.05) is 29.2 Å². The van der Waals surface area contributed by atoms with Gasteiger partial charge in [-0.1, -0.05) is 30.3 Å². The molecule has 24 heavy (non-hydrogen) atoms. The van der Waals surface area contributed by atoms with Gasteiger partial charge in [-0.2, -0.15) is 0 Å². The molecular formula is C19H21FN2O2.